The monoisotopic (exact) mass is 492 g/mol. The highest BCUT2D eigenvalue weighted by molar-refractivity contribution is 9.10. The molecule has 0 aliphatic carbocycles. The van der Waals surface area contributed by atoms with Crippen molar-refractivity contribution in [2.75, 3.05) is 5.32 Å². The Morgan fingerprint density at radius 2 is 1.89 bits per heavy atom. The van der Waals surface area contributed by atoms with E-state index in [4.69, 9.17) is 11.6 Å². The Kier molecular flexibility index (Phi) is 5.20. The summed E-state index contributed by atoms with van der Waals surface area (Å²) in [7, 11) is 0. The maximum Gasteiger partial charge on any atom is 0.339 e. The molecule has 1 amide bonds. The van der Waals surface area contributed by atoms with Gasteiger partial charge in [-0.25, -0.2) is 9.78 Å². The van der Waals surface area contributed by atoms with Crippen LogP contribution in [0.3, 0.4) is 0 Å². The van der Waals surface area contributed by atoms with Gasteiger partial charge in [-0.1, -0.05) is 39.7 Å². The molecule has 0 saturated carbocycles. The summed E-state index contributed by atoms with van der Waals surface area (Å²) in [6, 6.07) is 12.4. The number of aromatic nitrogens is 1. The molecule has 140 valence electrons. The van der Waals surface area contributed by atoms with Crippen molar-refractivity contribution in [3.63, 3.8) is 0 Å². The SMILES string of the molecule is O=C(Nc1scc(-c2ccc(Cl)cc2)c1C(=O)O)c1nc2ccc(Br)cc2s1. The van der Waals surface area contributed by atoms with E-state index in [2.05, 4.69) is 26.2 Å². The predicted octanol–water partition coefficient (Wildman–Crippen LogP) is 6.39. The van der Waals surface area contributed by atoms with Crippen molar-refractivity contribution in [1.29, 1.82) is 0 Å². The summed E-state index contributed by atoms with van der Waals surface area (Å²) in [4.78, 5) is 28.8. The summed E-state index contributed by atoms with van der Waals surface area (Å²) < 4.78 is 1.76. The Labute approximate surface area is 180 Å². The van der Waals surface area contributed by atoms with Gasteiger partial charge in [0.1, 0.15) is 10.6 Å². The average molecular weight is 494 g/mol. The quantitative estimate of drug-likeness (QED) is 0.345. The lowest BCUT2D eigenvalue weighted by atomic mass is 10.0. The fourth-order valence-electron chi connectivity index (χ4n) is 2.66. The lowest BCUT2D eigenvalue weighted by Gasteiger charge is -2.05. The summed E-state index contributed by atoms with van der Waals surface area (Å²) in [6.45, 7) is 0. The van der Waals surface area contributed by atoms with Gasteiger partial charge in [-0.3, -0.25) is 4.79 Å². The molecule has 0 bridgehead atoms. The van der Waals surface area contributed by atoms with Crippen LogP contribution in [0.2, 0.25) is 5.02 Å². The number of fused-ring (bicyclic) bond motifs is 1. The second kappa shape index (κ2) is 7.63. The van der Waals surface area contributed by atoms with Gasteiger partial charge in [-0.15, -0.1) is 22.7 Å². The summed E-state index contributed by atoms with van der Waals surface area (Å²) >= 11 is 11.7. The lowest BCUT2D eigenvalue weighted by molar-refractivity contribution is 0.0699. The highest BCUT2D eigenvalue weighted by Crippen LogP contribution is 2.36. The van der Waals surface area contributed by atoms with Gasteiger partial charge in [0.05, 0.1) is 10.2 Å². The summed E-state index contributed by atoms with van der Waals surface area (Å²) in [5.41, 5.74) is 2.00. The highest BCUT2D eigenvalue weighted by Gasteiger charge is 2.22. The Balaban J connectivity index is 1.67. The molecule has 0 spiro atoms. The average Bonchev–Trinajstić information content (AvgIpc) is 3.26. The number of rotatable bonds is 4. The highest BCUT2D eigenvalue weighted by atomic mass is 79.9. The molecule has 2 heterocycles. The number of benzene rings is 2. The van der Waals surface area contributed by atoms with Crippen molar-refractivity contribution in [3.8, 4) is 11.1 Å². The summed E-state index contributed by atoms with van der Waals surface area (Å²) in [6.07, 6.45) is 0. The summed E-state index contributed by atoms with van der Waals surface area (Å²) in [5, 5.41) is 15.2. The molecule has 2 N–H and O–H groups in total. The minimum Gasteiger partial charge on any atom is -0.478 e. The first kappa shape index (κ1) is 19.1. The molecule has 2 aromatic carbocycles. The molecule has 2 aromatic heterocycles. The van der Waals surface area contributed by atoms with Gasteiger partial charge in [0.15, 0.2) is 5.01 Å². The third-order valence-electron chi connectivity index (χ3n) is 3.93. The first-order chi connectivity index (χ1) is 13.4. The number of aromatic carboxylic acids is 1. The van der Waals surface area contributed by atoms with E-state index in [1.807, 2.05) is 18.2 Å². The van der Waals surface area contributed by atoms with Crippen molar-refractivity contribution in [2.24, 2.45) is 0 Å². The number of nitrogens with zero attached hydrogens (tertiary/aromatic N) is 1. The first-order valence-electron chi connectivity index (χ1n) is 7.90. The van der Waals surface area contributed by atoms with Crippen molar-refractivity contribution >= 4 is 77.3 Å². The van der Waals surface area contributed by atoms with E-state index in [-0.39, 0.29) is 15.6 Å². The van der Waals surface area contributed by atoms with Crippen LogP contribution in [-0.4, -0.2) is 22.0 Å². The second-order valence-electron chi connectivity index (χ2n) is 5.75. The maximum absolute atomic E-state index is 12.7. The van der Waals surface area contributed by atoms with Crippen LogP contribution in [0.4, 0.5) is 5.00 Å². The van der Waals surface area contributed by atoms with Crippen LogP contribution in [0.25, 0.3) is 21.3 Å². The molecule has 28 heavy (non-hydrogen) atoms. The Bertz CT molecular complexity index is 1220. The molecule has 0 aliphatic heterocycles. The molecular formula is C19H10BrClN2O3S2. The number of anilines is 1. The molecule has 0 aliphatic rings. The Morgan fingerprint density at radius 1 is 1.14 bits per heavy atom. The standard InChI is InChI=1S/C19H10BrClN2O3S2/c20-10-3-6-13-14(7-10)28-18(22-13)16(24)23-17-15(19(25)26)12(8-27-17)9-1-4-11(21)5-2-9/h1-8H,(H,23,24)(H,25,26). The number of thiazole rings is 1. The number of thiophene rings is 1. The van der Waals surface area contributed by atoms with Gasteiger partial charge in [0.25, 0.3) is 5.91 Å². The smallest absolute Gasteiger partial charge is 0.339 e. The lowest BCUT2D eigenvalue weighted by Crippen LogP contribution is -2.13. The van der Waals surface area contributed by atoms with Crippen LogP contribution in [0.1, 0.15) is 20.2 Å². The second-order valence-corrected chi connectivity index (χ2v) is 9.01. The van der Waals surface area contributed by atoms with Gasteiger partial charge in [-0.05, 0) is 35.9 Å². The van der Waals surface area contributed by atoms with Gasteiger partial charge >= 0.3 is 5.97 Å². The van der Waals surface area contributed by atoms with Crippen molar-refractivity contribution in [1.82, 2.24) is 4.98 Å². The molecule has 4 rings (SSSR count). The van der Waals surface area contributed by atoms with Gasteiger partial charge < -0.3 is 10.4 Å². The Morgan fingerprint density at radius 3 is 2.61 bits per heavy atom. The first-order valence-corrected chi connectivity index (χ1v) is 10.8. The van der Waals surface area contributed by atoms with Crippen LogP contribution >= 0.6 is 50.2 Å². The third-order valence-corrected chi connectivity index (χ3v) is 6.59. The number of halogens is 2. The fourth-order valence-corrected chi connectivity index (χ4v) is 5.15. The molecule has 0 fully saturated rings. The number of nitrogens with one attached hydrogen (secondary N) is 1. The van der Waals surface area contributed by atoms with Crippen LogP contribution in [-0.2, 0) is 0 Å². The van der Waals surface area contributed by atoms with Crippen LogP contribution < -0.4 is 5.32 Å². The van der Waals surface area contributed by atoms with Crippen molar-refractivity contribution in [3.05, 3.63) is 67.9 Å². The van der Waals surface area contributed by atoms with Crippen LogP contribution in [0.15, 0.2) is 52.3 Å². The zero-order chi connectivity index (χ0) is 19.8. The van der Waals surface area contributed by atoms with Gasteiger partial charge in [0, 0.05) is 20.4 Å². The van der Waals surface area contributed by atoms with Gasteiger partial charge in [-0.2, -0.15) is 0 Å². The molecule has 0 unspecified atom stereocenters. The van der Waals surface area contributed by atoms with Crippen molar-refractivity contribution < 1.29 is 14.7 Å². The van der Waals surface area contributed by atoms with E-state index in [1.165, 1.54) is 11.3 Å². The zero-order valence-electron chi connectivity index (χ0n) is 13.9. The minimum atomic E-state index is -1.12. The zero-order valence-corrected chi connectivity index (χ0v) is 17.9. The topological polar surface area (TPSA) is 79.3 Å². The molecule has 9 heteroatoms. The Hall–Kier alpha value is -2.26. The summed E-state index contributed by atoms with van der Waals surface area (Å²) in [5.74, 6) is -1.56. The van der Waals surface area contributed by atoms with E-state index in [0.717, 1.165) is 20.5 Å². The van der Waals surface area contributed by atoms with E-state index in [0.29, 0.717) is 21.7 Å². The molecular weight excluding hydrogens is 484 g/mol. The third kappa shape index (κ3) is 3.68. The maximum atomic E-state index is 12.7. The number of carboxylic acids is 1. The minimum absolute atomic E-state index is 0.0459. The van der Waals surface area contributed by atoms with E-state index in [1.54, 1.807) is 29.6 Å². The largest absolute Gasteiger partial charge is 0.478 e. The molecule has 5 nitrogen and oxygen atoms in total. The van der Waals surface area contributed by atoms with E-state index in [9.17, 15) is 14.7 Å². The number of hydrogen-bond acceptors (Lipinski definition) is 5. The van der Waals surface area contributed by atoms with E-state index < -0.39 is 11.9 Å². The number of carbonyl (C=O) groups is 2. The number of amides is 1. The van der Waals surface area contributed by atoms with Crippen LogP contribution in [0.5, 0.6) is 0 Å². The van der Waals surface area contributed by atoms with E-state index >= 15 is 0 Å². The molecule has 0 radical (unpaired) electrons. The molecule has 0 saturated heterocycles. The predicted molar refractivity (Wildman–Crippen MR) is 117 cm³/mol. The molecule has 4 aromatic rings. The normalized spacial score (nSPS) is 10.9. The number of carboxylic acid groups (broad SMARTS) is 1. The number of carbonyl (C=O) groups excluding carboxylic acids is 1. The van der Waals surface area contributed by atoms with Crippen molar-refractivity contribution in [2.45, 2.75) is 0 Å². The molecule has 0 atom stereocenters. The van der Waals surface area contributed by atoms with Gasteiger partial charge in [0.2, 0.25) is 0 Å². The number of hydrogen-bond donors (Lipinski definition) is 2. The fraction of sp³-hybridized carbons (Fsp3) is 0. The van der Waals surface area contributed by atoms with Crippen LogP contribution in [0, 0.1) is 0 Å².